The quantitative estimate of drug-likeness (QED) is 0.252. The molecule has 1 aromatic heterocycles. The van der Waals surface area contributed by atoms with Gasteiger partial charge in [-0.05, 0) is 53.7 Å². The third-order valence-corrected chi connectivity index (χ3v) is 7.80. The Morgan fingerprint density at radius 1 is 1.09 bits per heavy atom. The molecule has 0 fully saturated rings. The second kappa shape index (κ2) is 9.57. The van der Waals surface area contributed by atoms with Crippen LogP contribution in [0.4, 0.5) is 5.69 Å². The van der Waals surface area contributed by atoms with Gasteiger partial charge >= 0.3 is 16.5 Å². The third-order valence-electron chi connectivity index (χ3n) is 3.14. The second-order valence-corrected chi connectivity index (χ2v) is 12.2. The van der Waals surface area contributed by atoms with Crippen molar-refractivity contribution in [3.8, 4) is 0 Å². The van der Waals surface area contributed by atoms with Crippen LogP contribution in [0.15, 0.2) is 12.1 Å². The van der Waals surface area contributed by atoms with E-state index in [0.717, 1.165) is 0 Å². The van der Waals surface area contributed by atoms with Crippen LogP contribution >= 0.6 is 31.1 Å². The standard InChI is InChI=1S/C15H23Cl2N2OP.CH3.Ni/c1-14(2,3)21(15(4,5)6)9-13(20)18-10-7-11(16)19-12(17)8-10;;/h7-8H,9H2,1-6H3,(H,18,19,20);1H3;/q;-1;+2. The van der Waals surface area contributed by atoms with Gasteiger partial charge < -0.3 is 17.5 Å². The number of aromatic nitrogens is 1. The van der Waals surface area contributed by atoms with Crippen LogP contribution in [0, 0.1) is 7.43 Å². The van der Waals surface area contributed by atoms with E-state index < -0.39 is 7.92 Å². The number of amides is 1. The van der Waals surface area contributed by atoms with E-state index in [-0.39, 0.29) is 50.4 Å². The zero-order valence-electron chi connectivity index (χ0n) is 14.7. The first-order chi connectivity index (χ1) is 9.39. The SMILES string of the molecule is CC(C)(C)[PH+](CC(=O)[N-]c1cc(Cl)nc(Cl)c1)C(C)(C)C.[CH3-].[Ni+2]. The minimum atomic E-state index is -0.939. The van der Waals surface area contributed by atoms with E-state index in [1.54, 1.807) is 12.1 Å². The number of pyridine rings is 1. The number of rotatable bonds is 3. The van der Waals surface area contributed by atoms with E-state index >= 15 is 0 Å². The molecule has 0 saturated carbocycles. The molecule has 7 heteroatoms. The molecule has 0 aliphatic carbocycles. The number of hydrogen-bond donors (Lipinski definition) is 0. The first kappa shape index (κ1) is 25.4. The van der Waals surface area contributed by atoms with Crippen molar-refractivity contribution in [2.24, 2.45) is 0 Å². The van der Waals surface area contributed by atoms with Crippen LogP contribution in [0.3, 0.4) is 0 Å². The number of halogens is 2. The maximum Gasteiger partial charge on any atom is 2.00 e. The molecule has 1 amide bonds. The van der Waals surface area contributed by atoms with Crippen LogP contribution in [0.25, 0.3) is 5.32 Å². The molecule has 0 atom stereocenters. The minimum Gasteiger partial charge on any atom is -0.624 e. The van der Waals surface area contributed by atoms with Crippen molar-refractivity contribution in [2.75, 3.05) is 6.16 Å². The molecule has 0 aromatic carbocycles. The van der Waals surface area contributed by atoms with Crippen molar-refractivity contribution in [1.82, 2.24) is 4.98 Å². The summed E-state index contributed by atoms with van der Waals surface area (Å²) in [6, 6.07) is 3.10. The number of carbonyl (C=O) groups is 1. The summed E-state index contributed by atoms with van der Waals surface area (Å²) >= 11 is 11.6. The van der Waals surface area contributed by atoms with E-state index in [0.29, 0.717) is 11.8 Å². The fraction of sp³-hybridized carbons (Fsp3) is 0.562. The molecule has 1 rings (SSSR count). The summed E-state index contributed by atoms with van der Waals surface area (Å²) in [7, 11) is -0.939. The van der Waals surface area contributed by atoms with Crippen molar-refractivity contribution < 1.29 is 21.3 Å². The largest absolute Gasteiger partial charge is 2.00 e. The van der Waals surface area contributed by atoms with E-state index in [1.807, 2.05) is 0 Å². The normalized spacial score (nSPS) is 11.5. The van der Waals surface area contributed by atoms with Crippen LogP contribution in [0.1, 0.15) is 41.5 Å². The fourth-order valence-electron chi connectivity index (χ4n) is 2.51. The fourth-order valence-corrected chi connectivity index (χ4v) is 6.65. The van der Waals surface area contributed by atoms with Crippen molar-refractivity contribution >= 4 is 42.7 Å². The maximum absolute atomic E-state index is 12.3. The van der Waals surface area contributed by atoms with E-state index in [1.165, 1.54) is 0 Å². The Bertz CT molecular complexity index is 494. The van der Waals surface area contributed by atoms with Crippen LogP contribution in [0.2, 0.25) is 10.3 Å². The average Bonchev–Trinajstić information content (AvgIpc) is 2.21. The Morgan fingerprint density at radius 3 is 1.83 bits per heavy atom. The zero-order valence-corrected chi connectivity index (χ0v) is 18.2. The Hall–Kier alpha value is 0.124. The monoisotopic (exact) mass is 421 g/mol. The van der Waals surface area contributed by atoms with Crippen LogP contribution < -0.4 is 0 Å². The topological polar surface area (TPSA) is 44.1 Å². The van der Waals surface area contributed by atoms with Crippen molar-refractivity contribution in [1.29, 1.82) is 0 Å². The van der Waals surface area contributed by atoms with E-state index in [9.17, 15) is 4.79 Å². The minimum absolute atomic E-state index is 0. The Kier molecular flexibility index (Phi) is 10.5. The van der Waals surface area contributed by atoms with Gasteiger partial charge in [0.05, 0.1) is 22.4 Å². The van der Waals surface area contributed by atoms with Gasteiger partial charge in [-0.3, -0.25) is 0 Å². The Labute approximate surface area is 162 Å². The van der Waals surface area contributed by atoms with Gasteiger partial charge in [-0.15, -0.1) is 5.69 Å². The van der Waals surface area contributed by atoms with E-state index in [2.05, 4.69) is 51.8 Å². The molecule has 134 valence electrons. The van der Waals surface area contributed by atoms with Crippen LogP contribution in [-0.4, -0.2) is 27.4 Å². The predicted octanol–water partition coefficient (Wildman–Crippen LogP) is 6.18. The molecule has 23 heavy (non-hydrogen) atoms. The van der Waals surface area contributed by atoms with Crippen LogP contribution in [0.5, 0.6) is 0 Å². The van der Waals surface area contributed by atoms with Crippen molar-refractivity contribution in [3.05, 3.63) is 35.2 Å². The third kappa shape index (κ3) is 8.68. The molecule has 0 aliphatic rings. The molecule has 0 saturated heterocycles. The van der Waals surface area contributed by atoms with Gasteiger partial charge in [0.2, 0.25) is 0 Å². The van der Waals surface area contributed by atoms with Gasteiger partial charge in [0.1, 0.15) is 10.3 Å². The van der Waals surface area contributed by atoms with Gasteiger partial charge in [-0.1, -0.05) is 23.2 Å². The first-order valence-electron chi connectivity index (χ1n) is 6.84. The molecule has 0 bridgehead atoms. The van der Waals surface area contributed by atoms with Gasteiger partial charge in [0, 0.05) is 7.92 Å². The van der Waals surface area contributed by atoms with Crippen LogP contribution in [-0.2, 0) is 21.3 Å². The number of carbonyl (C=O) groups excluding carboxylic acids is 1. The summed E-state index contributed by atoms with van der Waals surface area (Å²) in [6.45, 7) is 13.2. The molecule has 1 aromatic rings. The van der Waals surface area contributed by atoms with Gasteiger partial charge in [-0.25, -0.2) is 4.98 Å². The summed E-state index contributed by atoms with van der Waals surface area (Å²) in [5.74, 6) is -0.118. The smallest absolute Gasteiger partial charge is 0.624 e. The predicted molar refractivity (Wildman–Crippen MR) is 101 cm³/mol. The molecule has 0 spiro atoms. The number of hydrogen-bond acceptors (Lipinski definition) is 2. The molecule has 0 N–H and O–H groups in total. The molecule has 0 aliphatic heterocycles. The van der Waals surface area contributed by atoms with Gasteiger partial charge in [-0.2, -0.15) is 0 Å². The number of nitrogens with zero attached hydrogens (tertiary/aromatic N) is 2. The summed E-state index contributed by atoms with van der Waals surface area (Å²) in [4.78, 5) is 16.1. The second-order valence-electron chi connectivity index (χ2n) is 7.13. The average molecular weight is 423 g/mol. The van der Waals surface area contributed by atoms with Crippen molar-refractivity contribution in [2.45, 2.75) is 51.9 Å². The Balaban J connectivity index is 0. The van der Waals surface area contributed by atoms with Gasteiger partial charge in [0.15, 0.2) is 0 Å². The first-order valence-corrected chi connectivity index (χ1v) is 9.30. The molecular weight excluding hydrogens is 397 g/mol. The molecule has 1 heterocycles. The molecular formula is C16H26Cl2N2NiOP+. The van der Waals surface area contributed by atoms with E-state index in [4.69, 9.17) is 23.2 Å². The summed E-state index contributed by atoms with van der Waals surface area (Å²) in [5, 5.41) is 4.86. The summed E-state index contributed by atoms with van der Waals surface area (Å²) in [6.07, 6.45) is 0.495. The molecule has 3 nitrogen and oxygen atoms in total. The molecule has 0 unspecified atom stereocenters. The van der Waals surface area contributed by atoms with Crippen molar-refractivity contribution in [3.63, 3.8) is 0 Å². The summed E-state index contributed by atoms with van der Waals surface area (Å²) < 4.78 is 0. The summed E-state index contributed by atoms with van der Waals surface area (Å²) in [5.41, 5.74) is 0.467. The zero-order chi connectivity index (χ0) is 16.4. The molecule has 0 radical (unpaired) electrons. The Morgan fingerprint density at radius 2 is 1.48 bits per heavy atom. The van der Waals surface area contributed by atoms with Gasteiger partial charge in [0.25, 0.3) is 0 Å². The maximum atomic E-state index is 12.3.